The van der Waals surface area contributed by atoms with Gasteiger partial charge in [0.05, 0.1) is 17.9 Å². The zero-order valence-corrected chi connectivity index (χ0v) is 11.9. The molecule has 1 amide bonds. The molecule has 0 bridgehead atoms. The molecule has 7 nitrogen and oxygen atoms in total. The van der Waals surface area contributed by atoms with Crippen LogP contribution in [0.5, 0.6) is 0 Å². The monoisotopic (exact) mass is 280 g/mol. The van der Waals surface area contributed by atoms with Crippen LogP contribution in [0.1, 0.15) is 38.6 Å². The lowest BCUT2D eigenvalue weighted by molar-refractivity contribution is -0.146. The number of aliphatic carboxylic acids is 1. The highest BCUT2D eigenvalue weighted by Gasteiger charge is 2.41. The Labute approximate surface area is 117 Å². The average Bonchev–Trinajstić information content (AvgIpc) is 2.95. The standard InChI is InChI=1S/C13H20N4O3/c1-7-4-9(10(5-7)13(19)20)12(18)15-8(2)11-16-14-6-17(11)3/h6-10H,4-5H2,1-3H3,(H,15,18)(H,19,20). The SMILES string of the molecule is CC1CC(C(=O)O)C(C(=O)NC(C)c2nncn2C)C1. The topological polar surface area (TPSA) is 97.1 Å². The van der Waals surface area contributed by atoms with E-state index in [1.807, 2.05) is 13.8 Å². The Morgan fingerprint density at radius 3 is 2.65 bits per heavy atom. The third kappa shape index (κ3) is 2.81. The van der Waals surface area contributed by atoms with E-state index in [1.165, 1.54) is 0 Å². The summed E-state index contributed by atoms with van der Waals surface area (Å²) < 4.78 is 1.73. The highest BCUT2D eigenvalue weighted by Crippen LogP contribution is 2.36. The molecule has 20 heavy (non-hydrogen) atoms. The van der Waals surface area contributed by atoms with Gasteiger partial charge in [0.15, 0.2) is 5.82 Å². The Hall–Kier alpha value is -1.92. The molecule has 1 saturated carbocycles. The Morgan fingerprint density at radius 1 is 1.45 bits per heavy atom. The van der Waals surface area contributed by atoms with E-state index >= 15 is 0 Å². The van der Waals surface area contributed by atoms with E-state index in [4.69, 9.17) is 0 Å². The van der Waals surface area contributed by atoms with Crippen molar-refractivity contribution in [2.75, 3.05) is 0 Å². The summed E-state index contributed by atoms with van der Waals surface area (Å²) in [5, 5.41) is 19.8. The summed E-state index contributed by atoms with van der Waals surface area (Å²) in [5.74, 6) is -1.24. The van der Waals surface area contributed by atoms with Crippen LogP contribution in [0.15, 0.2) is 6.33 Å². The number of hydrogen-bond donors (Lipinski definition) is 2. The molecule has 1 heterocycles. The fraction of sp³-hybridized carbons (Fsp3) is 0.692. The predicted molar refractivity (Wildman–Crippen MR) is 70.6 cm³/mol. The van der Waals surface area contributed by atoms with Gasteiger partial charge < -0.3 is 15.0 Å². The largest absolute Gasteiger partial charge is 0.481 e. The third-order valence-electron chi connectivity index (χ3n) is 3.94. The van der Waals surface area contributed by atoms with Gasteiger partial charge in [-0.2, -0.15) is 0 Å². The van der Waals surface area contributed by atoms with Crippen LogP contribution in [-0.2, 0) is 16.6 Å². The second kappa shape index (κ2) is 5.60. The van der Waals surface area contributed by atoms with Crippen molar-refractivity contribution in [1.29, 1.82) is 0 Å². The number of amides is 1. The van der Waals surface area contributed by atoms with E-state index in [0.717, 1.165) is 0 Å². The summed E-state index contributed by atoms with van der Waals surface area (Å²) in [6.45, 7) is 3.80. The number of hydrogen-bond acceptors (Lipinski definition) is 4. The van der Waals surface area contributed by atoms with Crippen molar-refractivity contribution in [1.82, 2.24) is 20.1 Å². The molecule has 1 aliphatic carbocycles. The van der Waals surface area contributed by atoms with E-state index in [9.17, 15) is 14.7 Å². The van der Waals surface area contributed by atoms with Crippen LogP contribution in [-0.4, -0.2) is 31.7 Å². The molecule has 0 aromatic carbocycles. The van der Waals surface area contributed by atoms with Crippen molar-refractivity contribution < 1.29 is 14.7 Å². The van der Waals surface area contributed by atoms with Crippen molar-refractivity contribution in [2.45, 2.75) is 32.7 Å². The Bertz CT molecular complexity index is 513. The Balaban J connectivity index is 2.04. The fourth-order valence-corrected chi connectivity index (χ4v) is 2.92. The Morgan fingerprint density at radius 2 is 2.10 bits per heavy atom. The van der Waals surface area contributed by atoms with Crippen LogP contribution in [0.3, 0.4) is 0 Å². The van der Waals surface area contributed by atoms with Crippen LogP contribution < -0.4 is 5.32 Å². The summed E-state index contributed by atoms with van der Waals surface area (Å²) in [4.78, 5) is 23.5. The average molecular weight is 280 g/mol. The predicted octanol–water partition coefficient (Wildman–Crippen LogP) is 0.739. The number of carboxylic acid groups (broad SMARTS) is 1. The number of carboxylic acids is 1. The number of nitrogens with zero attached hydrogens (tertiary/aromatic N) is 3. The van der Waals surface area contributed by atoms with E-state index in [1.54, 1.807) is 17.9 Å². The molecule has 0 spiro atoms. The fourth-order valence-electron chi connectivity index (χ4n) is 2.92. The van der Waals surface area contributed by atoms with Gasteiger partial charge in [0.2, 0.25) is 5.91 Å². The first kappa shape index (κ1) is 14.5. The van der Waals surface area contributed by atoms with Gasteiger partial charge in [-0.3, -0.25) is 9.59 Å². The molecule has 110 valence electrons. The molecule has 1 aliphatic rings. The Kier molecular flexibility index (Phi) is 4.06. The number of carbonyl (C=O) groups excluding carboxylic acids is 1. The molecular formula is C13H20N4O3. The van der Waals surface area contributed by atoms with Gasteiger partial charge in [0, 0.05) is 7.05 Å². The van der Waals surface area contributed by atoms with Crippen molar-refractivity contribution >= 4 is 11.9 Å². The lowest BCUT2D eigenvalue weighted by atomic mass is 9.95. The molecule has 1 aromatic rings. The van der Waals surface area contributed by atoms with Crippen LogP contribution in [0.4, 0.5) is 0 Å². The van der Waals surface area contributed by atoms with Gasteiger partial charge in [-0.05, 0) is 25.7 Å². The number of nitrogens with one attached hydrogen (secondary N) is 1. The smallest absolute Gasteiger partial charge is 0.307 e. The first-order chi connectivity index (χ1) is 9.40. The van der Waals surface area contributed by atoms with Crippen molar-refractivity contribution in [3.63, 3.8) is 0 Å². The molecule has 1 aromatic heterocycles. The molecule has 2 rings (SSSR count). The van der Waals surface area contributed by atoms with Crippen LogP contribution in [0.25, 0.3) is 0 Å². The first-order valence-corrected chi connectivity index (χ1v) is 6.77. The van der Waals surface area contributed by atoms with Crippen molar-refractivity contribution in [2.24, 2.45) is 24.8 Å². The number of aromatic nitrogens is 3. The normalized spacial score (nSPS) is 27.2. The summed E-state index contributed by atoms with van der Waals surface area (Å²) in [5.41, 5.74) is 0. The van der Waals surface area contributed by atoms with Gasteiger partial charge in [-0.15, -0.1) is 10.2 Å². The first-order valence-electron chi connectivity index (χ1n) is 6.77. The zero-order chi connectivity index (χ0) is 14.9. The highest BCUT2D eigenvalue weighted by atomic mass is 16.4. The van der Waals surface area contributed by atoms with Crippen molar-refractivity contribution in [3.05, 3.63) is 12.2 Å². The van der Waals surface area contributed by atoms with Crippen LogP contribution >= 0.6 is 0 Å². The minimum atomic E-state index is -0.888. The van der Waals surface area contributed by atoms with Crippen LogP contribution in [0.2, 0.25) is 0 Å². The molecule has 4 atom stereocenters. The summed E-state index contributed by atoms with van der Waals surface area (Å²) in [6, 6.07) is -0.291. The molecule has 2 N–H and O–H groups in total. The minimum absolute atomic E-state index is 0.211. The second-order valence-electron chi connectivity index (χ2n) is 5.66. The maximum Gasteiger partial charge on any atom is 0.307 e. The molecule has 4 unspecified atom stereocenters. The number of carbonyl (C=O) groups is 2. The van der Waals surface area contributed by atoms with Gasteiger partial charge in [0.25, 0.3) is 0 Å². The minimum Gasteiger partial charge on any atom is -0.481 e. The zero-order valence-electron chi connectivity index (χ0n) is 11.9. The lowest BCUT2D eigenvalue weighted by Crippen LogP contribution is -2.37. The highest BCUT2D eigenvalue weighted by molar-refractivity contribution is 5.85. The van der Waals surface area contributed by atoms with Gasteiger partial charge >= 0.3 is 5.97 Å². The van der Waals surface area contributed by atoms with E-state index in [-0.39, 0.29) is 17.9 Å². The van der Waals surface area contributed by atoms with E-state index in [0.29, 0.717) is 18.7 Å². The molecular weight excluding hydrogens is 260 g/mol. The number of aryl methyl sites for hydroxylation is 1. The molecule has 0 saturated heterocycles. The summed E-state index contributed by atoms with van der Waals surface area (Å²) in [7, 11) is 1.80. The summed E-state index contributed by atoms with van der Waals surface area (Å²) >= 11 is 0. The van der Waals surface area contributed by atoms with Gasteiger partial charge in [-0.25, -0.2) is 0 Å². The van der Waals surface area contributed by atoms with Gasteiger partial charge in [0.1, 0.15) is 6.33 Å². The lowest BCUT2D eigenvalue weighted by Gasteiger charge is -2.19. The van der Waals surface area contributed by atoms with Crippen LogP contribution in [0, 0.1) is 17.8 Å². The van der Waals surface area contributed by atoms with Gasteiger partial charge in [-0.1, -0.05) is 6.92 Å². The maximum atomic E-state index is 12.3. The molecule has 0 radical (unpaired) electrons. The van der Waals surface area contributed by atoms with E-state index < -0.39 is 17.8 Å². The molecule has 0 aliphatic heterocycles. The molecule has 7 heteroatoms. The number of rotatable bonds is 4. The summed E-state index contributed by atoms with van der Waals surface area (Å²) in [6.07, 6.45) is 2.75. The third-order valence-corrected chi connectivity index (χ3v) is 3.94. The molecule has 1 fully saturated rings. The second-order valence-corrected chi connectivity index (χ2v) is 5.66. The quantitative estimate of drug-likeness (QED) is 0.847. The maximum absolute atomic E-state index is 12.3. The van der Waals surface area contributed by atoms with Crippen molar-refractivity contribution in [3.8, 4) is 0 Å². The van der Waals surface area contributed by atoms with E-state index in [2.05, 4.69) is 15.5 Å².